The Hall–Kier alpha value is -1.06. The van der Waals surface area contributed by atoms with Crippen LogP contribution in [0.3, 0.4) is 0 Å². The van der Waals surface area contributed by atoms with Gasteiger partial charge in [-0.15, -0.1) is 0 Å². The van der Waals surface area contributed by atoms with Crippen LogP contribution >= 0.6 is 0 Å². The molecule has 18 heavy (non-hydrogen) atoms. The van der Waals surface area contributed by atoms with E-state index in [0.29, 0.717) is 26.1 Å². The van der Waals surface area contributed by atoms with Gasteiger partial charge in [0.25, 0.3) is 0 Å². The lowest BCUT2D eigenvalue weighted by Crippen LogP contribution is -2.04. The number of carbonyl (C=O) groups excluding carboxylic acids is 2. The summed E-state index contributed by atoms with van der Waals surface area (Å²) in [6.07, 6.45) is 4.90. The van der Waals surface area contributed by atoms with Crippen molar-refractivity contribution < 1.29 is 19.1 Å². The summed E-state index contributed by atoms with van der Waals surface area (Å²) in [5.41, 5.74) is 0. The first-order valence-electron chi connectivity index (χ1n) is 6.93. The summed E-state index contributed by atoms with van der Waals surface area (Å²) in [5, 5.41) is 0. The number of ether oxygens (including phenoxy) is 2. The molecule has 0 atom stereocenters. The molecule has 0 aliphatic carbocycles. The lowest BCUT2D eigenvalue weighted by atomic mass is 10.3. The predicted molar refractivity (Wildman–Crippen MR) is 72.3 cm³/mol. The van der Waals surface area contributed by atoms with Crippen molar-refractivity contribution in [1.29, 1.82) is 0 Å². The summed E-state index contributed by atoms with van der Waals surface area (Å²) < 4.78 is 9.59. The van der Waals surface area contributed by atoms with Gasteiger partial charge in [0.15, 0.2) is 0 Å². The number of unbranched alkanes of at least 4 members (excludes halogenated alkanes) is 1. The van der Waals surface area contributed by atoms with Gasteiger partial charge in [-0.3, -0.25) is 9.59 Å². The predicted octanol–water partition coefficient (Wildman–Crippen LogP) is 3.48. The summed E-state index contributed by atoms with van der Waals surface area (Å²) in [5.74, 6) is -0.164. The largest absolute Gasteiger partial charge is 0.466 e. The molecule has 4 heteroatoms. The minimum absolute atomic E-state index is 0.0593. The zero-order valence-corrected chi connectivity index (χ0v) is 12.3. The van der Waals surface area contributed by atoms with E-state index in [-0.39, 0.29) is 11.9 Å². The van der Waals surface area contributed by atoms with Crippen molar-refractivity contribution in [3.05, 3.63) is 0 Å². The SMILES string of the molecule is CCCCOC(=O)CCC.CCCOC(=O)CC. The molecule has 0 radical (unpaired) electrons. The quantitative estimate of drug-likeness (QED) is 0.495. The smallest absolute Gasteiger partial charge is 0.305 e. The Morgan fingerprint density at radius 3 is 1.83 bits per heavy atom. The molecule has 0 aliphatic heterocycles. The van der Waals surface area contributed by atoms with E-state index in [9.17, 15) is 9.59 Å². The fourth-order valence-corrected chi connectivity index (χ4v) is 0.925. The summed E-state index contributed by atoms with van der Waals surface area (Å²) in [7, 11) is 0. The molecule has 0 fully saturated rings. The molecule has 0 bridgehead atoms. The summed E-state index contributed by atoms with van der Waals surface area (Å²) in [4.78, 5) is 21.0. The molecule has 4 nitrogen and oxygen atoms in total. The second kappa shape index (κ2) is 15.9. The van der Waals surface area contributed by atoms with Crippen LogP contribution in [0.4, 0.5) is 0 Å². The van der Waals surface area contributed by atoms with Gasteiger partial charge >= 0.3 is 11.9 Å². The van der Waals surface area contributed by atoms with Gasteiger partial charge in [0.1, 0.15) is 0 Å². The van der Waals surface area contributed by atoms with Crippen molar-refractivity contribution >= 4 is 11.9 Å². The Balaban J connectivity index is 0. The second-order valence-corrected chi connectivity index (χ2v) is 3.90. The van der Waals surface area contributed by atoms with E-state index in [1.54, 1.807) is 6.92 Å². The molecule has 0 aromatic carbocycles. The maximum Gasteiger partial charge on any atom is 0.305 e. The van der Waals surface area contributed by atoms with Gasteiger partial charge in [-0.2, -0.15) is 0 Å². The van der Waals surface area contributed by atoms with Gasteiger partial charge in [-0.05, 0) is 19.3 Å². The van der Waals surface area contributed by atoms with E-state index in [4.69, 9.17) is 9.47 Å². The molecule has 0 spiro atoms. The van der Waals surface area contributed by atoms with Gasteiger partial charge in [-0.1, -0.05) is 34.1 Å². The average molecular weight is 260 g/mol. The standard InChI is InChI=1S/C8H16O2.C6H12O2/c1-3-5-7-10-8(9)6-4-2;1-3-5-8-6(7)4-2/h3-7H2,1-2H3;3-5H2,1-2H3. The van der Waals surface area contributed by atoms with Gasteiger partial charge in [-0.25, -0.2) is 0 Å². The first kappa shape index (κ1) is 19.3. The van der Waals surface area contributed by atoms with Gasteiger partial charge in [0.2, 0.25) is 0 Å². The fourth-order valence-electron chi connectivity index (χ4n) is 0.925. The monoisotopic (exact) mass is 260 g/mol. The molecule has 0 rings (SSSR count). The van der Waals surface area contributed by atoms with Crippen molar-refractivity contribution in [3.63, 3.8) is 0 Å². The van der Waals surface area contributed by atoms with Gasteiger partial charge in [0.05, 0.1) is 13.2 Å². The van der Waals surface area contributed by atoms with Crippen molar-refractivity contribution in [2.24, 2.45) is 0 Å². The molecule has 0 saturated heterocycles. The van der Waals surface area contributed by atoms with Crippen LogP contribution in [0.1, 0.15) is 66.2 Å². The third kappa shape index (κ3) is 17.3. The Morgan fingerprint density at radius 2 is 1.39 bits per heavy atom. The summed E-state index contributed by atoms with van der Waals surface area (Å²) in [6.45, 7) is 8.97. The molecule has 0 aliphatic rings. The Morgan fingerprint density at radius 1 is 0.778 bits per heavy atom. The summed E-state index contributed by atoms with van der Waals surface area (Å²) in [6, 6.07) is 0. The highest BCUT2D eigenvalue weighted by atomic mass is 16.5. The van der Waals surface area contributed by atoms with Gasteiger partial charge < -0.3 is 9.47 Å². The molecule has 0 saturated carbocycles. The van der Waals surface area contributed by atoms with Crippen LogP contribution < -0.4 is 0 Å². The average Bonchev–Trinajstić information content (AvgIpc) is 2.37. The highest BCUT2D eigenvalue weighted by molar-refractivity contribution is 5.69. The van der Waals surface area contributed by atoms with E-state index in [0.717, 1.165) is 25.7 Å². The molecule has 0 amide bonds. The first-order chi connectivity index (χ1) is 8.62. The molecule has 0 aromatic heterocycles. The number of hydrogen-bond acceptors (Lipinski definition) is 4. The van der Waals surface area contributed by atoms with Crippen LogP contribution in [-0.4, -0.2) is 25.2 Å². The van der Waals surface area contributed by atoms with Gasteiger partial charge in [0, 0.05) is 12.8 Å². The normalized spacial score (nSPS) is 9.11. The highest BCUT2D eigenvalue weighted by Gasteiger charge is 1.97. The van der Waals surface area contributed by atoms with Crippen molar-refractivity contribution in [3.8, 4) is 0 Å². The van der Waals surface area contributed by atoms with E-state index in [2.05, 4.69) is 6.92 Å². The van der Waals surface area contributed by atoms with Crippen LogP contribution in [-0.2, 0) is 19.1 Å². The van der Waals surface area contributed by atoms with E-state index < -0.39 is 0 Å². The topological polar surface area (TPSA) is 52.6 Å². The Bertz CT molecular complexity index is 202. The lowest BCUT2D eigenvalue weighted by Gasteiger charge is -2.00. The van der Waals surface area contributed by atoms with E-state index in [1.807, 2.05) is 13.8 Å². The Labute approximate surface area is 111 Å². The minimum atomic E-state index is -0.105. The molecule has 0 unspecified atom stereocenters. The zero-order valence-electron chi connectivity index (χ0n) is 12.3. The van der Waals surface area contributed by atoms with Crippen LogP contribution in [0, 0.1) is 0 Å². The van der Waals surface area contributed by atoms with Crippen LogP contribution in [0.15, 0.2) is 0 Å². The molecule has 0 N–H and O–H groups in total. The van der Waals surface area contributed by atoms with Crippen LogP contribution in [0.25, 0.3) is 0 Å². The fraction of sp³-hybridized carbons (Fsp3) is 0.857. The molecule has 0 heterocycles. The number of rotatable bonds is 8. The third-order valence-electron chi connectivity index (χ3n) is 1.97. The number of esters is 2. The zero-order chi connectivity index (χ0) is 14.2. The minimum Gasteiger partial charge on any atom is -0.466 e. The third-order valence-corrected chi connectivity index (χ3v) is 1.97. The first-order valence-corrected chi connectivity index (χ1v) is 6.93. The molecular weight excluding hydrogens is 232 g/mol. The van der Waals surface area contributed by atoms with Crippen LogP contribution in [0.2, 0.25) is 0 Å². The van der Waals surface area contributed by atoms with Crippen molar-refractivity contribution in [1.82, 2.24) is 0 Å². The summed E-state index contributed by atoms with van der Waals surface area (Å²) >= 11 is 0. The van der Waals surface area contributed by atoms with Crippen LogP contribution in [0.5, 0.6) is 0 Å². The lowest BCUT2D eigenvalue weighted by molar-refractivity contribution is -0.144. The van der Waals surface area contributed by atoms with E-state index >= 15 is 0 Å². The molecule has 0 aromatic rings. The van der Waals surface area contributed by atoms with Crippen molar-refractivity contribution in [2.75, 3.05) is 13.2 Å². The molecular formula is C14H28O4. The number of hydrogen-bond donors (Lipinski definition) is 0. The van der Waals surface area contributed by atoms with Crippen molar-refractivity contribution in [2.45, 2.75) is 66.2 Å². The number of carbonyl (C=O) groups is 2. The maximum absolute atomic E-state index is 10.7. The van der Waals surface area contributed by atoms with E-state index in [1.165, 1.54) is 0 Å². The maximum atomic E-state index is 10.7. The highest BCUT2D eigenvalue weighted by Crippen LogP contribution is 1.93. The Kier molecular flexibility index (Phi) is 17.1. The second-order valence-electron chi connectivity index (χ2n) is 3.90. The molecule has 108 valence electrons.